The van der Waals surface area contributed by atoms with E-state index in [2.05, 4.69) is 26.0 Å². The molecule has 0 aliphatic carbocycles. The number of nitrogens with zero attached hydrogens (tertiary/aromatic N) is 4. The maximum absolute atomic E-state index is 5.87. The minimum atomic E-state index is 0.496. The second-order valence-corrected chi connectivity index (χ2v) is 7.24. The summed E-state index contributed by atoms with van der Waals surface area (Å²) in [5.41, 5.74) is 3.75. The maximum atomic E-state index is 5.87. The molecule has 0 aliphatic heterocycles. The number of hydrogen-bond donors (Lipinski definition) is 0. The Hall–Kier alpha value is -3.25. The van der Waals surface area contributed by atoms with E-state index < -0.39 is 0 Å². The topological polar surface area (TPSA) is 52.3 Å². The number of rotatable bonds is 4. The second-order valence-electron chi connectivity index (χ2n) is 6.38. The van der Waals surface area contributed by atoms with Crippen LogP contribution in [0.3, 0.4) is 0 Å². The average Bonchev–Trinajstić information content (AvgIpc) is 3.18. The largest absolute Gasteiger partial charge is 0.488 e. The van der Waals surface area contributed by atoms with Crippen LogP contribution in [0.4, 0.5) is 0 Å². The standard InChI is InChI=1S/C22H15BrN4O/c23-18-6-2-4-8-20(18)28-13-15-9-11-16(12-10-15)21-25-22-17-5-1-3-7-19(17)24-14-27(22)26-21/h1-12,14H,13H2. The molecule has 5 aromatic rings. The van der Waals surface area contributed by atoms with Crippen molar-refractivity contribution in [3.8, 4) is 17.1 Å². The van der Waals surface area contributed by atoms with Gasteiger partial charge >= 0.3 is 0 Å². The number of halogens is 1. The molecule has 0 amide bonds. The lowest BCUT2D eigenvalue weighted by atomic mass is 10.1. The van der Waals surface area contributed by atoms with Crippen molar-refractivity contribution < 1.29 is 4.74 Å². The van der Waals surface area contributed by atoms with Gasteiger partial charge in [-0.25, -0.2) is 14.5 Å². The fourth-order valence-electron chi connectivity index (χ4n) is 3.07. The summed E-state index contributed by atoms with van der Waals surface area (Å²) in [6.45, 7) is 0.496. The Bertz CT molecular complexity index is 1280. The van der Waals surface area contributed by atoms with Crippen LogP contribution in [0.1, 0.15) is 5.56 Å². The lowest BCUT2D eigenvalue weighted by Gasteiger charge is -2.08. The van der Waals surface area contributed by atoms with Crippen molar-refractivity contribution in [2.24, 2.45) is 0 Å². The molecular formula is C22H15BrN4O. The SMILES string of the molecule is Brc1ccccc1OCc1ccc(-c2nc3c4ccccc4ncn3n2)cc1. The second kappa shape index (κ2) is 7.05. The Kier molecular flexibility index (Phi) is 4.25. The molecule has 0 spiro atoms. The zero-order chi connectivity index (χ0) is 18.9. The van der Waals surface area contributed by atoms with Crippen LogP contribution in [0.5, 0.6) is 5.75 Å². The Labute approximate surface area is 169 Å². The van der Waals surface area contributed by atoms with Gasteiger partial charge in [-0.3, -0.25) is 0 Å². The van der Waals surface area contributed by atoms with Crippen molar-refractivity contribution in [1.82, 2.24) is 19.6 Å². The first-order valence-electron chi connectivity index (χ1n) is 8.85. The van der Waals surface area contributed by atoms with Gasteiger partial charge in [0.15, 0.2) is 11.5 Å². The van der Waals surface area contributed by atoms with Gasteiger partial charge in [-0.15, -0.1) is 5.10 Å². The molecule has 2 heterocycles. The quantitative estimate of drug-likeness (QED) is 0.388. The zero-order valence-corrected chi connectivity index (χ0v) is 16.4. The van der Waals surface area contributed by atoms with Gasteiger partial charge in [0.1, 0.15) is 18.7 Å². The van der Waals surface area contributed by atoms with Gasteiger partial charge in [0, 0.05) is 10.9 Å². The van der Waals surface area contributed by atoms with E-state index in [1.165, 1.54) is 0 Å². The molecule has 136 valence electrons. The normalized spacial score (nSPS) is 11.2. The monoisotopic (exact) mass is 430 g/mol. The van der Waals surface area contributed by atoms with Crippen molar-refractivity contribution in [3.05, 3.63) is 89.2 Å². The van der Waals surface area contributed by atoms with Crippen molar-refractivity contribution in [2.75, 3.05) is 0 Å². The first-order chi connectivity index (χ1) is 13.8. The van der Waals surface area contributed by atoms with E-state index in [1.54, 1.807) is 10.8 Å². The number of fused-ring (bicyclic) bond motifs is 3. The molecule has 0 unspecified atom stereocenters. The number of hydrogen-bond acceptors (Lipinski definition) is 4. The predicted octanol–water partition coefficient (Wildman–Crippen LogP) is 5.29. The van der Waals surface area contributed by atoms with Crippen LogP contribution in [0.2, 0.25) is 0 Å². The summed E-state index contributed by atoms with van der Waals surface area (Å²) in [5.74, 6) is 1.50. The van der Waals surface area contributed by atoms with Crippen LogP contribution >= 0.6 is 15.9 Å². The Morgan fingerprint density at radius 3 is 2.54 bits per heavy atom. The molecule has 5 nitrogen and oxygen atoms in total. The van der Waals surface area contributed by atoms with Crippen LogP contribution in [0.15, 0.2) is 83.6 Å². The minimum Gasteiger partial charge on any atom is -0.488 e. The van der Waals surface area contributed by atoms with E-state index in [4.69, 9.17) is 9.72 Å². The van der Waals surface area contributed by atoms with Crippen molar-refractivity contribution in [2.45, 2.75) is 6.61 Å². The first kappa shape index (κ1) is 16.9. The number of aromatic nitrogens is 4. The number of para-hydroxylation sites is 2. The summed E-state index contributed by atoms with van der Waals surface area (Å²) < 4.78 is 8.54. The third-order valence-electron chi connectivity index (χ3n) is 4.53. The van der Waals surface area contributed by atoms with Crippen LogP contribution in [0.25, 0.3) is 27.9 Å². The summed E-state index contributed by atoms with van der Waals surface area (Å²) in [6, 6.07) is 23.9. The molecule has 0 saturated heterocycles. The van der Waals surface area contributed by atoms with Crippen LogP contribution in [-0.2, 0) is 6.61 Å². The molecule has 3 aromatic carbocycles. The Balaban J connectivity index is 1.41. The molecule has 0 fully saturated rings. The van der Waals surface area contributed by atoms with Gasteiger partial charge in [0.25, 0.3) is 0 Å². The molecule has 0 atom stereocenters. The lowest BCUT2D eigenvalue weighted by Crippen LogP contribution is -1.96. The first-order valence-corrected chi connectivity index (χ1v) is 9.64. The van der Waals surface area contributed by atoms with E-state index in [-0.39, 0.29) is 0 Å². The van der Waals surface area contributed by atoms with E-state index >= 15 is 0 Å². The third-order valence-corrected chi connectivity index (χ3v) is 5.18. The highest BCUT2D eigenvalue weighted by Gasteiger charge is 2.10. The van der Waals surface area contributed by atoms with E-state index in [1.807, 2.05) is 72.8 Å². The molecule has 28 heavy (non-hydrogen) atoms. The summed E-state index contributed by atoms with van der Waals surface area (Å²) in [7, 11) is 0. The molecule has 0 bridgehead atoms. The van der Waals surface area contributed by atoms with Gasteiger partial charge in [-0.1, -0.05) is 48.5 Å². The van der Waals surface area contributed by atoms with E-state index in [0.29, 0.717) is 12.4 Å². The molecule has 0 N–H and O–H groups in total. The molecular weight excluding hydrogens is 416 g/mol. The van der Waals surface area contributed by atoms with Crippen molar-refractivity contribution in [3.63, 3.8) is 0 Å². The summed E-state index contributed by atoms with van der Waals surface area (Å²) in [6.07, 6.45) is 1.70. The Morgan fingerprint density at radius 2 is 1.68 bits per heavy atom. The molecule has 5 rings (SSSR count). The van der Waals surface area contributed by atoms with Gasteiger partial charge in [0.2, 0.25) is 0 Å². The van der Waals surface area contributed by atoms with Crippen LogP contribution in [0, 0.1) is 0 Å². The molecule has 0 aliphatic rings. The van der Waals surface area contributed by atoms with Crippen LogP contribution < -0.4 is 4.74 Å². The lowest BCUT2D eigenvalue weighted by molar-refractivity contribution is 0.304. The molecule has 0 saturated carbocycles. The average molecular weight is 431 g/mol. The molecule has 2 aromatic heterocycles. The van der Waals surface area contributed by atoms with Gasteiger partial charge in [-0.05, 0) is 45.8 Å². The Morgan fingerprint density at radius 1 is 0.893 bits per heavy atom. The number of benzene rings is 3. The fraction of sp³-hybridized carbons (Fsp3) is 0.0455. The molecule has 6 heteroatoms. The smallest absolute Gasteiger partial charge is 0.182 e. The zero-order valence-electron chi connectivity index (χ0n) is 14.8. The summed E-state index contributed by atoms with van der Waals surface area (Å²) in [5, 5.41) is 5.56. The fourth-order valence-corrected chi connectivity index (χ4v) is 3.47. The predicted molar refractivity (Wildman–Crippen MR) is 112 cm³/mol. The number of ether oxygens (including phenoxy) is 1. The van der Waals surface area contributed by atoms with Crippen molar-refractivity contribution >= 4 is 32.5 Å². The third kappa shape index (κ3) is 3.12. The van der Waals surface area contributed by atoms with Gasteiger partial charge in [0.05, 0.1) is 9.99 Å². The van der Waals surface area contributed by atoms with E-state index in [9.17, 15) is 0 Å². The van der Waals surface area contributed by atoms with E-state index in [0.717, 1.165) is 37.9 Å². The van der Waals surface area contributed by atoms with Crippen LogP contribution in [-0.4, -0.2) is 19.6 Å². The summed E-state index contributed by atoms with van der Waals surface area (Å²) in [4.78, 5) is 9.15. The highest BCUT2D eigenvalue weighted by atomic mass is 79.9. The highest BCUT2D eigenvalue weighted by molar-refractivity contribution is 9.10. The van der Waals surface area contributed by atoms with Gasteiger partial charge in [-0.2, -0.15) is 0 Å². The van der Waals surface area contributed by atoms with Gasteiger partial charge < -0.3 is 4.74 Å². The highest BCUT2D eigenvalue weighted by Crippen LogP contribution is 2.25. The molecule has 0 radical (unpaired) electrons. The summed E-state index contributed by atoms with van der Waals surface area (Å²) >= 11 is 3.50. The van der Waals surface area contributed by atoms with Crippen molar-refractivity contribution in [1.29, 1.82) is 0 Å². The minimum absolute atomic E-state index is 0.496. The maximum Gasteiger partial charge on any atom is 0.182 e.